The maximum absolute atomic E-state index is 12.0. The number of benzene rings is 1. The number of amides is 1. The van der Waals surface area contributed by atoms with Gasteiger partial charge in [-0.3, -0.25) is 4.79 Å². The first-order valence-electron chi connectivity index (χ1n) is 6.70. The van der Waals surface area contributed by atoms with Crippen molar-refractivity contribution in [2.75, 3.05) is 33.4 Å². The highest BCUT2D eigenvalue weighted by Gasteiger charge is 2.11. The van der Waals surface area contributed by atoms with Crippen molar-refractivity contribution >= 4 is 5.91 Å². The molecule has 0 saturated carbocycles. The van der Waals surface area contributed by atoms with Gasteiger partial charge >= 0.3 is 0 Å². The third kappa shape index (κ3) is 5.85. The summed E-state index contributed by atoms with van der Waals surface area (Å²) in [5, 5.41) is 3.08. The van der Waals surface area contributed by atoms with Crippen molar-refractivity contribution in [1.82, 2.24) is 10.2 Å². The minimum atomic E-state index is 0.125. The largest absolute Gasteiger partial charge is 0.383 e. The van der Waals surface area contributed by atoms with Gasteiger partial charge in [0.25, 0.3) is 0 Å². The van der Waals surface area contributed by atoms with Crippen molar-refractivity contribution < 1.29 is 9.53 Å². The van der Waals surface area contributed by atoms with E-state index < -0.39 is 0 Å². The molecule has 0 bridgehead atoms. The second kappa shape index (κ2) is 8.67. The highest BCUT2D eigenvalue weighted by Crippen LogP contribution is 2.07. The highest BCUT2D eigenvalue weighted by molar-refractivity contribution is 5.78. The number of hydrogen-bond acceptors (Lipinski definition) is 3. The molecule has 1 aromatic rings. The predicted molar refractivity (Wildman–Crippen MR) is 77.0 cm³/mol. The molecule has 106 valence electrons. The number of hydrogen-bond donors (Lipinski definition) is 1. The van der Waals surface area contributed by atoms with Crippen LogP contribution in [0.1, 0.15) is 18.1 Å². The molecule has 0 spiro atoms. The van der Waals surface area contributed by atoms with Gasteiger partial charge in [0.05, 0.1) is 13.2 Å². The van der Waals surface area contributed by atoms with E-state index in [4.69, 9.17) is 4.74 Å². The first kappa shape index (κ1) is 15.7. The molecule has 0 unspecified atom stereocenters. The maximum atomic E-state index is 12.0. The quantitative estimate of drug-likeness (QED) is 0.725. The first-order chi connectivity index (χ1) is 9.17. The van der Waals surface area contributed by atoms with E-state index in [0.717, 1.165) is 6.54 Å². The molecule has 1 aromatic carbocycles. The Morgan fingerprint density at radius 3 is 2.84 bits per heavy atom. The van der Waals surface area contributed by atoms with E-state index in [0.29, 0.717) is 26.2 Å². The number of rotatable bonds is 8. The topological polar surface area (TPSA) is 41.6 Å². The molecule has 4 heteroatoms. The minimum Gasteiger partial charge on any atom is -0.383 e. The second-order valence-corrected chi connectivity index (χ2v) is 4.57. The lowest BCUT2D eigenvalue weighted by Crippen LogP contribution is -2.38. The monoisotopic (exact) mass is 264 g/mol. The number of nitrogens with zero attached hydrogens (tertiary/aromatic N) is 1. The standard InChI is InChI=1S/C15H24N2O2/c1-4-17(15(18)11-16-8-9-19-3)12-14-7-5-6-13(2)10-14/h5-7,10,16H,4,8-9,11-12H2,1-3H3. The molecule has 0 aliphatic heterocycles. The van der Waals surface area contributed by atoms with Crippen molar-refractivity contribution in [3.8, 4) is 0 Å². The number of likely N-dealkylation sites (N-methyl/N-ethyl adjacent to an activating group) is 1. The van der Waals surface area contributed by atoms with Crippen molar-refractivity contribution in [3.63, 3.8) is 0 Å². The second-order valence-electron chi connectivity index (χ2n) is 4.57. The molecule has 0 radical (unpaired) electrons. The van der Waals surface area contributed by atoms with Gasteiger partial charge in [0.15, 0.2) is 0 Å². The van der Waals surface area contributed by atoms with Gasteiger partial charge in [-0.05, 0) is 19.4 Å². The molecule has 1 N–H and O–H groups in total. The van der Waals surface area contributed by atoms with Crippen LogP contribution < -0.4 is 5.32 Å². The van der Waals surface area contributed by atoms with Crippen molar-refractivity contribution in [2.24, 2.45) is 0 Å². The molecule has 1 amide bonds. The summed E-state index contributed by atoms with van der Waals surface area (Å²) in [6.07, 6.45) is 0. The fourth-order valence-corrected chi connectivity index (χ4v) is 1.89. The average Bonchev–Trinajstić information content (AvgIpc) is 2.41. The Bertz CT molecular complexity index is 393. The van der Waals surface area contributed by atoms with Crippen LogP contribution in [-0.4, -0.2) is 44.2 Å². The van der Waals surface area contributed by atoms with E-state index in [1.54, 1.807) is 7.11 Å². The summed E-state index contributed by atoms with van der Waals surface area (Å²) in [6.45, 7) is 7.14. The molecular weight excluding hydrogens is 240 g/mol. The van der Waals surface area contributed by atoms with Crippen LogP contribution in [-0.2, 0) is 16.1 Å². The molecule has 0 aromatic heterocycles. The molecule has 0 aliphatic carbocycles. The SMILES string of the molecule is CCN(Cc1cccc(C)c1)C(=O)CNCCOC. The summed E-state index contributed by atoms with van der Waals surface area (Å²) >= 11 is 0. The Balaban J connectivity index is 2.46. The lowest BCUT2D eigenvalue weighted by Gasteiger charge is -2.21. The van der Waals surface area contributed by atoms with Crippen molar-refractivity contribution in [1.29, 1.82) is 0 Å². The van der Waals surface area contributed by atoms with Crippen LogP contribution in [0.5, 0.6) is 0 Å². The molecule has 0 saturated heterocycles. The zero-order chi connectivity index (χ0) is 14.1. The summed E-state index contributed by atoms with van der Waals surface area (Å²) in [5.74, 6) is 0.125. The molecule has 0 aliphatic rings. The van der Waals surface area contributed by atoms with E-state index in [-0.39, 0.29) is 5.91 Å². The Kier molecular flexibility index (Phi) is 7.15. The van der Waals surface area contributed by atoms with E-state index in [1.807, 2.05) is 17.9 Å². The lowest BCUT2D eigenvalue weighted by molar-refractivity contribution is -0.130. The summed E-state index contributed by atoms with van der Waals surface area (Å²) < 4.78 is 4.93. The molecule has 1 rings (SSSR count). The molecular formula is C15H24N2O2. The van der Waals surface area contributed by atoms with Crippen LogP contribution in [0.25, 0.3) is 0 Å². The van der Waals surface area contributed by atoms with E-state index in [2.05, 4.69) is 30.4 Å². The maximum Gasteiger partial charge on any atom is 0.236 e. The first-order valence-corrected chi connectivity index (χ1v) is 6.70. The molecule has 0 atom stereocenters. The van der Waals surface area contributed by atoms with Gasteiger partial charge < -0.3 is 15.0 Å². The number of ether oxygens (including phenoxy) is 1. The van der Waals surface area contributed by atoms with Gasteiger partial charge in [0, 0.05) is 26.7 Å². The summed E-state index contributed by atoms with van der Waals surface area (Å²) in [4.78, 5) is 13.9. The number of methoxy groups -OCH3 is 1. The van der Waals surface area contributed by atoms with E-state index in [9.17, 15) is 4.79 Å². The van der Waals surface area contributed by atoms with Gasteiger partial charge in [-0.25, -0.2) is 0 Å². The number of aryl methyl sites for hydroxylation is 1. The average molecular weight is 264 g/mol. The molecule has 0 heterocycles. The third-order valence-electron chi connectivity index (χ3n) is 2.95. The van der Waals surface area contributed by atoms with Crippen LogP contribution in [0.3, 0.4) is 0 Å². The Morgan fingerprint density at radius 1 is 1.42 bits per heavy atom. The lowest BCUT2D eigenvalue weighted by atomic mass is 10.1. The predicted octanol–water partition coefficient (Wildman–Crippen LogP) is 1.58. The van der Waals surface area contributed by atoms with Crippen LogP contribution in [0.15, 0.2) is 24.3 Å². The molecule has 19 heavy (non-hydrogen) atoms. The smallest absolute Gasteiger partial charge is 0.236 e. The van der Waals surface area contributed by atoms with Crippen LogP contribution >= 0.6 is 0 Å². The van der Waals surface area contributed by atoms with Gasteiger partial charge in [0.2, 0.25) is 5.91 Å². The van der Waals surface area contributed by atoms with Crippen molar-refractivity contribution in [3.05, 3.63) is 35.4 Å². The van der Waals surface area contributed by atoms with Gasteiger partial charge in [0.1, 0.15) is 0 Å². The fourth-order valence-electron chi connectivity index (χ4n) is 1.89. The van der Waals surface area contributed by atoms with Crippen molar-refractivity contribution in [2.45, 2.75) is 20.4 Å². The normalized spacial score (nSPS) is 10.5. The van der Waals surface area contributed by atoms with Gasteiger partial charge in [-0.15, -0.1) is 0 Å². The third-order valence-corrected chi connectivity index (χ3v) is 2.95. The van der Waals surface area contributed by atoms with Gasteiger partial charge in [-0.1, -0.05) is 29.8 Å². The Morgan fingerprint density at radius 2 is 2.21 bits per heavy atom. The Labute approximate surface area is 115 Å². The highest BCUT2D eigenvalue weighted by atomic mass is 16.5. The molecule has 0 fully saturated rings. The van der Waals surface area contributed by atoms with E-state index in [1.165, 1.54) is 11.1 Å². The summed E-state index contributed by atoms with van der Waals surface area (Å²) in [6, 6.07) is 8.27. The Hall–Kier alpha value is -1.39. The number of carbonyl (C=O) groups excluding carboxylic acids is 1. The zero-order valence-electron chi connectivity index (χ0n) is 12.1. The fraction of sp³-hybridized carbons (Fsp3) is 0.533. The van der Waals surface area contributed by atoms with Gasteiger partial charge in [-0.2, -0.15) is 0 Å². The number of carbonyl (C=O) groups is 1. The number of nitrogens with one attached hydrogen (secondary N) is 1. The van der Waals surface area contributed by atoms with Crippen LogP contribution in [0, 0.1) is 6.92 Å². The summed E-state index contributed by atoms with van der Waals surface area (Å²) in [5.41, 5.74) is 2.39. The van der Waals surface area contributed by atoms with Crippen LogP contribution in [0.4, 0.5) is 0 Å². The summed E-state index contributed by atoms with van der Waals surface area (Å²) in [7, 11) is 1.65. The zero-order valence-corrected chi connectivity index (χ0v) is 12.1. The minimum absolute atomic E-state index is 0.125. The van der Waals surface area contributed by atoms with Crippen LogP contribution in [0.2, 0.25) is 0 Å². The molecule has 4 nitrogen and oxygen atoms in total. The van der Waals surface area contributed by atoms with E-state index >= 15 is 0 Å².